The van der Waals surface area contributed by atoms with Crippen LogP contribution in [-0.2, 0) is 0 Å². The summed E-state index contributed by atoms with van der Waals surface area (Å²) in [7, 11) is 3.34. The summed E-state index contributed by atoms with van der Waals surface area (Å²) in [5.74, 6) is 3.14. The Morgan fingerprint density at radius 1 is 0.886 bits per heavy atom. The Balaban J connectivity index is 1.59. The van der Waals surface area contributed by atoms with Gasteiger partial charge in [-0.3, -0.25) is 0 Å². The zero-order valence-electron chi connectivity index (χ0n) is 19.6. The molecule has 6 rings (SSSR count). The second-order valence-corrected chi connectivity index (χ2v) is 9.04. The number of nitrogens with one attached hydrogen (secondary N) is 1. The second kappa shape index (κ2) is 8.70. The van der Waals surface area contributed by atoms with Gasteiger partial charge in [0.2, 0.25) is 11.1 Å². The standard InChI is InChI=1S/C27H24N4O3S/c1-32-18-12-8-16(9-13-18)24-22-23(28-26-29-27(35-3)30-31(24)26)20-6-4-5-7-21(20)34-25(22)17-10-14-19(33-2)15-11-17/h4-15,24-25H,1-3H3,(H,28,29,30)/t24-,25-/m1/s1. The number of fused-ring (bicyclic) bond motifs is 3. The molecular weight excluding hydrogens is 460 g/mol. The van der Waals surface area contributed by atoms with E-state index in [1.54, 1.807) is 14.2 Å². The van der Waals surface area contributed by atoms with Gasteiger partial charge in [-0.05, 0) is 53.8 Å². The molecule has 0 bridgehead atoms. The van der Waals surface area contributed by atoms with Gasteiger partial charge in [-0.25, -0.2) is 4.68 Å². The molecule has 3 heterocycles. The predicted molar refractivity (Wildman–Crippen MR) is 136 cm³/mol. The maximum atomic E-state index is 6.68. The Kier molecular flexibility index (Phi) is 5.37. The highest BCUT2D eigenvalue weighted by Crippen LogP contribution is 2.51. The van der Waals surface area contributed by atoms with Gasteiger partial charge < -0.3 is 19.5 Å². The lowest BCUT2D eigenvalue weighted by atomic mass is 9.84. The van der Waals surface area contributed by atoms with Crippen LogP contribution in [0.5, 0.6) is 17.2 Å². The van der Waals surface area contributed by atoms with Crippen molar-refractivity contribution >= 4 is 23.4 Å². The molecule has 7 nitrogen and oxygen atoms in total. The Morgan fingerprint density at radius 3 is 2.20 bits per heavy atom. The smallest absolute Gasteiger partial charge is 0.227 e. The highest BCUT2D eigenvalue weighted by Gasteiger charge is 2.41. The van der Waals surface area contributed by atoms with E-state index in [0.717, 1.165) is 45.2 Å². The lowest BCUT2D eigenvalue weighted by molar-refractivity contribution is 0.222. The van der Waals surface area contributed by atoms with E-state index in [9.17, 15) is 0 Å². The van der Waals surface area contributed by atoms with Gasteiger partial charge in [-0.15, -0.1) is 5.10 Å². The third-order valence-corrected chi connectivity index (χ3v) is 6.93. The molecule has 0 aliphatic carbocycles. The van der Waals surface area contributed by atoms with E-state index in [4.69, 9.17) is 24.3 Å². The Bertz CT molecular complexity index is 1410. The molecule has 1 N–H and O–H groups in total. The number of nitrogens with zero attached hydrogens (tertiary/aromatic N) is 3. The van der Waals surface area contributed by atoms with Crippen molar-refractivity contribution in [1.82, 2.24) is 14.8 Å². The fraction of sp³-hybridized carbons (Fsp3) is 0.185. The molecule has 2 aliphatic rings. The summed E-state index contributed by atoms with van der Waals surface area (Å²) in [6, 6.07) is 24.0. The van der Waals surface area contributed by atoms with Crippen molar-refractivity contribution in [1.29, 1.82) is 0 Å². The third-order valence-electron chi connectivity index (χ3n) is 6.39. The van der Waals surface area contributed by atoms with Crippen molar-refractivity contribution < 1.29 is 14.2 Å². The first kappa shape index (κ1) is 21.6. The molecule has 1 aromatic heterocycles. The second-order valence-electron chi connectivity index (χ2n) is 8.26. The molecule has 0 saturated heterocycles. The summed E-state index contributed by atoms with van der Waals surface area (Å²) in [4.78, 5) is 4.75. The molecular formula is C27H24N4O3S. The quantitative estimate of drug-likeness (QED) is 0.371. The summed E-state index contributed by atoms with van der Waals surface area (Å²) in [5.41, 5.74) is 5.18. The maximum absolute atomic E-state index is 6.68. The maximum Gasteiger partial charge on any atom is 0.227 e. The van der Waals surface area contributed by atoms with E-state index in [0.29, 0.717) is 11.1 Å². The van der Waals surface area contributed by atoms with Crippen LogP contribution in [-0.4, -0.2) is 35.2 Å². The highest BCUT2D eigenvalue weighted by molar-refractivity contribution is 7.98. The number of thioether (sulfide) groups is 1. The van der Waals surface area contributed by atoms with Gasteiger partial charge in [0, 0.05) is 11.1 Å². The minimum absolute atomic E-state index is 0.221. The van der Waals surface area contributed by atoms with Crippen LogP contribution < -0.4 is 19.5 Å². The molecule has 0 unspecified atom stereocenters. The van der Waals surface area contributed by atoms with Gasteiger partial charge in [-0.1, -0.05) is 48.2 Å². The fourth-order valence-electron chi connectivity index (χ4n) is 4.70. The van der Waals surface area contributed by atoms with Crippen LogP contribution in [0.2, 0.25) is 0 Å². The lowest BCUT2D eigenvalue weighted by Crippen LogP contribution is -2.32. The molecule has 0 saturated carbocycles. The van der Waals surface area contributed by atoms with Gasteiger partial charge in [0.15, 0.2) is 0 Å². The predicted octanol–water partition coefficient (Wildman–Crippen LogP) is 5.58. The summed E-state index contributed by atoms with van der Waals surface area (Å²) < 4.78 is 19.4. The van der Waals surface area contributed by atoms with Crippen LogP contribution >= 0.6 is 11.8 Å². The normalized spacial score (nSPS) is 18.0. The molecule has 8 heteroatoms. The number of anilines is 1. The first-order chi connectivity index (χ1) is 17.2. The molecule has 0 spiro atoms. The van der Waals surface area contributed by atoms with Crippen LogP contribution in [0.3, 0.4) is 0 Å². The largest absolute Gasteiger partial charge is 0.497 e. The topological polar surface area (TPSA) is 70.4 Å². The van der Waals surface area contributed by atoms with Crippen molar-refractivity contribution in [2.75, 3.05) is 25.8 Å². The number of ether oxygens (including phenoxy) is 3. The molecule has 0 fully saturated rings. The summed E-state index contributed by atoms with van der Waals surface area (Å²) in [5, 5.41) is 9.13. The molecule has 176 valence electrons. The molecule has 0 amide bonds. The zero-order chi connectivity index (χ0) is 23.9. The van der Waals surface area contributed by atoms with Crippen LogP contribution in [0.25, 0.3) is 5.70 Å². The van der Waals surface area contributed by atoms with Crippen molar-refractivity contribution in [2.45, 2.75) is 17.3 Å². The first-order valence-electron chi connectivity index (χ1n) is 11.3. The average Bonchev–Trinajstić information content (AvgIpc) is 3.34. The van der Waals surface area contributed by atoms with E-state index < -0.39 is 0 Å². The SMILES string of the molecule is COc1ccc([C@H]2Oc3ccccc3C3=C2[C@@H](c2ccc(OC)cc2)n2nc(SC)nc2N3)cc1. The summed E-state index contributed by atoms with van der Waals surface area (Å²) in [6.45, 7) is 0. The van der Waals surface area contributed by atoms with Gasteiger partial charge in [-0.2, -0.15) is 4.98 Å². The minimum Gasteiger partial charge on any atom is -0.497 e. The van der Waals surface area contributed by atoms with Crippen LogP contribution in [0.15, 0.2) is 83.5 Å². The number of methoxy groups -OCH3 is 2. The number of benzene rings is 3. The van der Waals surface area contributed by atoms with E-state index in [1.807, 2.05) is 53.4 Å². The van der Waals surface area contributed by atoms with Crippen LogP contribution in [0.1, 0.15) is 28.8 Å². The Hall–Kier alpha value is -3.91. The van der Waals surface area contributed by atoms with Crippen LogP contribution in [0.4, 0.5) is 5.95 Å². The van der Waals surface area contributed by atoms with Crippen LogP contribution in [0, 0.1) is 0 Å². The fourth-order valence-corrected chi connectivity index (χ4v) is 5.05. The third kappa shape index (κ3) is 3.61. The van der Waals surface area contributed by atoms with E-state index >= 15 is 0 Å². The Morgan fingerprint density at radius 2 is 1.54 bits per heavy atom. The number of para-hydroxylation sites is 1. The summed E-state index contributed by atoms with van der Waals surface area (Å²) >= 11 is 1.52. The van der Waals surface area contributed by atoms with Gasteiger partial charge in [0.05, 0.1) is 19.9 Å². The van der Waals surface area contributed by atoms with Crippen molar-refractivity contribution in [2.24, 2.45) is 0 Å². The van der Waals surface area contributed by atoms with Crippen molar-refractivity contribution in [3.05, 3.63) is 95.1 Å². The van der Waals surface area contributed by atoms with Crippen molar-refractivity contribution in [3.63, 3.8) is 0 Å². The van der Waals surface area contributed by atoms with E-state index in [-0.39, 0.29) is 12.1 Å². The molecule has 3 aromatic carbocycles. The lowest BCUT2D eigenvalue weighted by Gasteiger charge is -2.39. The first-order valence-corrected chi connectivity index (χ1v) is 12.5. The van der Waals surface area contributed by atoms with Gasteiger partial charge in [0.25, 0.3) is 0 Å². The highest BCUT2D eigenvalue weighted by atomic mass is 32.2. The van der Waals surface area contributed by atoms with Gasteiger partial charge >= 0.3 is 0 Å². The number of hydrogen-bond donors (Lipinski definition) is 1. The monoisotopic (exact) mass is 484 g/mol. The van der Waals surface area contributed by atoms with Crippen molar-refractivity contribution in [3.8, 4) is 17.2 Å². The van der Waals surface area contributed by atoms with Gasteiger partial charge in [0.1, 0.15) is 29.4 Å². The molecule has 4 aromatic rings. The summed E-state index contributed by atoms with van der Waals surface area (Å²) in [6.07, 6.45) is 1.65. The van der Waals surface area contributed by atoms with E-state index in [2.05, 4.69) is 35.6 Å². The molecule has 35 heavy (non-hydrogen) atoms. The number of rotatable bonds is 5. The van der Waals surface area contributed by atoms with E-state index in [1.165, 1.54) is 11.8 Å². The average molecular weight is 485 g/mol. The minimum atomic E-state index is -0.333. The zero-order valence-corrected chi connectivity index (χ0v) is 20.4. The molecule has 2 atom stereocenters. The number of hydrogen-bond acceptors (Lipinski definition) is 7. The Labute approximate surface area is 207 Å². The molecule has 2 aliphatic heterocycles. The molecule has 0 radical (unpaired) electrons. The number of aromatic nitrogens is 3.